The molecule has 1 aliphatic rings. The first-order chi connectivity index (χ1) is 13.8. The average Bonchev–Trinajstić information content (AvgIpc) is 3.20. The Kier molecular flexibility index (Phi) is 8.19. The van der Waals surface area contributed by atoms with Crippen molar-refractivity contribution in [3.63, 3.8) is 0 Å². The fourth-order valence-electron chi connectivity index (χ4n) is 4.17. The van der Waals surface area contributed by atoms with Crippen molar-refractivity contribution in [1.82, 2.24) is 9.55 Å². The van der Waals surface area contributed by atoms with Crippen LogP contribution >= 0.6 is 0 Å². The van der Waals surface area contributed by atoms with E-state index in [1.165, 1.54) is 64.2 Å². The zero-order valence-corrected chi connectivity index (χ0v) is 17.2. The third-order valence-electron chi connectivity index (χ3n) is 6.00. The number of carbonyl (C=O) groups excluding carboxylic acids is 1. The number of rotatable bonds is 5. The van der Waals surface area contributed by atoms with Crippen molar-refractivity contribution in [3.05, 3.63) is 54.1 Å². The highest BCUT2D eigenvalue weighted by molar-refractivity contribution is 6.33. The highest BCUT2D eigenvalue weighted by atomic mass is 16.5. The molecule has 3 rings (SSSR count). The largest absolute Gasteiger partial charge is 0.535 e. The lowest BCUT2D eigenvalue weighted by atomic mass is 9.73. The zero-order valence-electron chi connectivity index (χ0n) is 17.2. The molecule has 0 spiro atoms. The van der Waals surface area contributed by atoms with Crippen molar-refractivity contribution in [2.45, 2.75) is 83.0 Å². The number of benzene rings is 1. The van der Waals surface area contributed by atoms with E-state index in [0.29, 0.717) is 19.0 Å². The van der Waals surface area contributed by atoms with Gasteiger partial charge in [-0.1, -0.05) is 94.5 Å². The van der Waals surface area contributed by atoms with Gasteiger partial charge >= 0.3 is 13.5 Å². The highest BCUT2D eigenvalue weighted by Crippen LogP contribution is 2.25. The molecule has 0 bridgehead atoms. The molecule has 2 aromatic rings. The Labute approximate surface area is 170 Å². The third-order valence-corrected chi connectivity index (χ3v) is 6.00. The monoisotopic (exact) mass is 380 g/mol. The molecule has 0 unspecified atom stereocenters. The fourth-order valence-corrected chi connectivity index (χ4v) is 4.17. The minimum Gasteiger partial charge on any atom is -0.535 e. The van der Waals surface area contributed by atoms with Crippen LogP contribution in [0.5, 0.6) is 0 Å². The second-order valence-corrected chi connectivity index (χ2v) is 8.14. The van der Waals surface area contributed by atoms with Gasteiger partial charge in [0, 0.05) is 0 Å². The number of nitrogens with zero attached hydrogens (tertiary/aromatic N) is 2. The van der Waals surface area contributed by atoms with E-state index < -0.39 is 0 Å². The van der Waals surface area contributed by atoms with E-state index in [1.807, 2.05) is 22.8 Å². The van der Waals surface area contributed by atoms with E-state index >= 15 is 0 Å². The molecule has 1 aromatic heterocycles. The summed E-state index contributed by atoms with van der Waals surface area (Å²) in [5.74, 6) is 0.236. The lowest BCUT2D eigenvalue weighted by Crippen LogP contribution is -2.19. The van der Waals surface area contributed by atoms with Crippen molar-refractivity contribution in [3.8, 4) is 0 Å². The molecule has 5 heteroatoms. The van der Waals surface area contributed by atoms with Crippen LogP contribution in [-0.4, -0.2) is 23.0 Å². The quantitative estimate of drug-likeness (QED) is 0.625. The fraction of sp³-hybridized carbons (Fsp3) is 0.565. The van der Waals surface area contributed by atoms with Crippen LogP contribution in [0.1, 0.15) is 93.2 Å². The summed E-state index contributed by atoms with van der Waals surface area (Å²) >= 11 is 0. The van der Waals surface area contributed by atoms with Crippen LogP contribution in [0.4, 0.5) is 0 Å². The number of hydrogen-bond acceptors (Lipinski definition) is 3. The van der Waals surface area contributed by atoms with Crippen molar-refractivity contribution < 1.29 is 9.45 Å². The maximum absolute atomic E-state index is 12.8. The summed E-state index contributed by atoms with van der Waals surface area (Å²) in [4.78, 5) is 17.0. The first-order valence-corrected chi connectivity index (χ1v) is 11.0. The smallest absolute Gasteiger partial charge is 0.347 e. The normalized spacial score (nSPS) is 18.0. The van der Waals surface area contributed by atoms with Crippen LogP contribution in [0.2, 0.25) is 5.82 Å². The molecule has 0 aliphatic heterocycles. The number of imidazole rings is 1. The molecule has 4 nitrogen and oxygen atoms in total. The van der Waals surface area contributed by atoms with Crippen molar-refractivity contribution in [2.24, 2.45) is 0 Å². The van der Waals surface area contributed by atoms with Gasteiger partial charge in [0.05, 0.1) is 18.6 Å². The van der Waals surface area contributed by atoms with Crippen LogP contribution in [0.3, 0.4) is 0 Å². The van der Waals surface area contributed by atoms with Gasteiger partial charge in [-0.05, 0) is 18.3 Å². The van der Waals surface area contributed by atoms with Gasteiger partial charge < -0.3 is 9.22 Å². The van der Waals surface area contributed by atoms with Gasteiger partial charge in [0.25, 0.3) is 0 Å². The molecule has 1 aromatic carbocycles. The Hall–Kier alpha value is -2.04. The van der Waals surface area contributed by atoms with Crippen molar-refractivity contribution in [2.75, 3.05) is 0 Å². The molecule has 0 radical (unpaired) electrons. The van der Waals surface area contributed by atoms with E-state index in [1.54, 1.807) is 12.5 Å². The minimum absolute atomic E-state index is 0.0451. The molecule has 1 heterocycles. The Balaban J connectivity index is 1.58. The molecule has 1 fully saturated rings. The van der Waals surface area contributed by atoms with E-state index in [9.17, 15) is 4.79 Å². The van der Waals surface area contributed by atoms with E-state index in [-0.39, 0.29) is 12.0 Å². The molecule has 0 N–H and O–H groups in total. The van der Waals surface area contributed by atoms with Crippen molar-refractivity contribution >= 4 is 13.5 Å². The van der Waals surface area contributed by atoms with Gasteiger partial charge in [0.1, 0.15) is 5.69 Å². The molecule has 0 saturated heterocycles. The molecule has 1 atom stereocenters. The summed E-state index contributed by atoms with van der Waals surface area (Å²) in [6, 6.07) is 10.2. The number of carbonyl (C=O) groups is 1. The van der Waals surface area contributed by atoms with Gasteiger partial charge in [0.15, 0.2) is 0 Å². The zero-order chi connectivity index (χ0) is 19.6. The van der Waals surface area contributed by atoms with E-state index in [4.69, 9.17) is 4.65 Å². The summed E-state index contributed by atoms with van der Waals surface area (Å²) in [5, 5.41) is 0. The predicted molar refractivity (Wildman–Crippen MR) is 115 cm³/mol. The molecule has 150 valence electrons. The van der Waals surface area contributed by atoms with E-state index in [2.05, 4.69) is 24.0 Å². The lowest BCUT2D eigenvalue weighted by Gasteiger charge is -2.18. The second kappa shape index (κ2) is 11.1. The van der Waals surface area contributed by atoms with Crippen LogP contribution in [-0.2, 0) is 4.65 Å². The number of aromatic nitrogens is 2. The SMILES string of the molecule is C[C@H](c1ccccc1)n1cncc1C(=O)OBC1CCCCCCCCCC1. The predicted octanol–water partition coefficient (Wildman–Crippen LogP) is 5.70. The second-order valence-electron chi connectivity index (χ2n) is 8.14. The molecular weight excluding hydrogens is 347 g/mol. The Morgan fingerprint density at radius 3 is 2.29 bits per heavy atom. The minimum atomic E-state index is -0.255. The average molecular weight is 380 g/mol. The van der Waals surface area contributed by atoms with E-state index in [0.717, 1.165) is 5.56 Å². The van der Waals surface area contributed by atoms with Crippen LogP contribution in [0, 0.1) is 0 Å². The summed E-state index contributed by atoms with van der Waals surface area (Å²) < 4.78 is 7.66. The lowest BCUT2D eigenvalue weighted by molar-refractivity contribution is 0.0724. The van der Waals surface area contributed by atoms with Gasteiger partial charge in [-0.25, -0.2) is 9.78 Å². The van der Waals surface area contributed by atoms with Crippen LogP contribution < -0.4 is 0 Å². The maximum Gasteiger partial charge on any atom is 0.347 e. The van der Waals surface area contributed by atoms with Gasteiger partial charge in [-0.2, -0.15) is 0 Å². The van der Waals surface area contributed by atoms with Gasteiger partial charge in [-0.3, -0.25) is 0 Å². The number of hydrogen-bond donors (Lipinski definition) is 0. The topological polar surface area (TPSA) is 44.1 Å². The highest BCUT2D eigenvalue weighted by Gasteiger charge is 2.21. The molecule has 0 amide bonds. The molecule has 1 saturated carbocycles. The van der Waals surface area contributed by atoms with Crippen LogP contribution in [0.25, 0.3) is 0 Å². The third kappa shape index (κ3) is 5.98. The Morgan fingerprint density at radius 1 is 1.04 bits per heavy atom. The standard InChI is InChI=1S/C23H33BN2O2/c1-19(20-13-9-8-10-14-20)26-18-25-17-22(26)23(27)28-24-21-15-11-6-4-2-3-5-7-12-16-21/h8-10,13-14,17-19,21,24H,2-7,11-12,15-16H2,1H3/t19-/m1/s1. The van der Waals surface area contributed by atoms with Crippen LogP contribution in [0.15, 0.2) is 42.9 Å². The summed E-state index contributed by atoms with van der Waals surface area (Å²) in [7, 11) is 0.531. The summed E-state index contributed by atoms with van der Waals surface area (Å²) in [6.45, 7) is 2.08. The summed E-state index contributed by atoms with van der Waals surface area (Å²) in [6.07, 6.45) is 16.3. The molecule has 28 heavy (non-hydrogen) atoms. The van der Waals surface area contributed by atoms with Gasteiger partial charge in [-0.15, -0.1) is 0 Å². The Bertz CT molecular complexity index is 704. The maximum atomic E-state index is 12.8. The molecular formula is C23H33BN2O2. The molecule has 1 aliphatic carbocycles. The van der Waals surface area contributed by atoms with Gasteiger partial charge in [0.2, 0.25) is 0 Å². The Morgan fingerprint density at radius 2 is 1.64 bits per heavy atom. The first kappa shape index (κ1) is 20.7. The first-order valence-electron chi connectivity index (χ1n) is 11.0. The summed E-state index contributed by atoms with van der Waals surface area (Å²) in [5.41, 5.74) is 1.69. The van der Waals surface area contributed by atoms with Crippen molar-refractivity contribution in [1.29, 1.82) is 0 Å².